The molecule has 120 valence electrons. The summed E-state index contributed by atoms with van der Waals surface area (Å²) in [5.41, 5.74) is 1.85. The molecule has 0 aliphatic carbocycles. The van der Waals surface area contributed by atoms with Gasteiger partial charge in [-0.05, 0) is 24.6 Å². The number of anilines is 1. The summed E-state index contributed by atoms with van der Waals surface area (Å²) in [5.74, 6) is -0.609. The minimum absolute atomic E-state index is 0.119. The number of carbonyl (C=O) groups excluding carboxylic acids is 1. The average Bonchev–Trinajstić information content (AvgIpc) is 2.85. The normalized spacial score (nSPS) is 10.1. The van der Waals surface area contributed by atoms with Gasteiger partial charge >= 0.3 is 12.1 Å². The van der Waals surface area contributed by atoms with E-state index >= 15 is 0 Å². The zero-order valence-electron chi connectivity index (χ0n) is 12.7. The van der Waals surface area contributed by atoms with Crippen LogP contribution in [0.2, 0.25) is 0 Å². The predicted molar refractivity (Wildman–Crippen MR) is 84.6 cm³/mol. The summed E-state index contributed by atoms with van der Waals surface area (Å²) >= 11 is 0. The van der Waals surface area contributed by atoms with Crippen molar-refractivity contribution in [2.45, 2.75) is 13.5 Å². The number of hydrogen-bond acceptors (Lipinski definition) is 4. The molecule has 0 bridgehead atoms. The van der Waals surface area contributed by atoms with E-state index in [9.17, 15) is 9.59 Å². The maximum atomic E-state index is 11.5. The Kier molecular flexibility index (Phi) is 5.14. The first-order valence-corrected chi connectivity index (χ1v) is 6.91. The Morgan fingerprint density at radius 1 is 1.43 bits per heavy atom. The van der Waals surface area contributed by atoms with Crippen molar-refractivity contribution in [2.24, 2.45) is 0 Å². The van der Waals surface area contributed by atoms with Gasteiger partial charge in [-0.15, -0.1) is 0 Å². The maximum absolute atomic E-state index is 11.5. The number of aromatic carboxylic acids is 1. The van der Waals surface area contributed by atoms with Gasteiger partial charge in [0.05, 0.1) is 12.1 Å². The summed E-state index contributed by atoms with van der Waals surface area (Å²) in [4.78, 5) is 22.5. The number of ether oxygens (including phenoxy) is 1. The van der Waals surface area contributed by atoms with Crippen molar-refractivity contribution in [3.8, 4) is 0 Å². The van der Waals surface area contributed by atoms with Crippen LogP contribution < -0.4 is 5.32 Å². The molecule has 0 unspecified atom stereocenters. The van der Waals surface area contributed by atoms with Gasteiger partial charge in [0.15, 0.2) is 5.82 Å². The van der Waals surface area contributed by atoms with Crippen LogP contribution in [0.3, 0.4) is 0 Å². The van der Waals surface area contributed by atoms with Crippen molar-refractivity contribution >= 4 is 17.9 Å². The molecule has 2 N–H and O–H groups in total. The molecule has 0 saturated heterocycles. The smallest absolute Gasteiger partial charge is 0.413 e. The largest absolute Gasteiger partial charge is 0.478 e. The molecule has 0 fully saturated rings. The molecule has 23 heavy (non-hydrogen) atoms. The third kappa shape index (κ3) is 4.44. The Morgan fingerprint density at radius 2 is 2.22 bits per heavy atom. The van der Waals surface area contributed by atoms with Gasteiger partial charge in [-0.25, -0.2) is 9.59 Å². The molecule has 0 spiro atoms. The number of carbonyl (C=O) groups is 2. The van der Waals surface area contributed by atoms with Crippen LogP contribution in [0.1, 0.15) is 21.6 Å². The lowest BCUT2D eigenvalue weighted by Crippen LogP contribution is -2.14. The van der Waals surface area contributed by atoms with Gasteiger partial charge in [-0.3, -0.25) is 10.00 Å². The molecule has 1 heterocycles. The summed E-state index contributed by atoms with van der Waals surface area (Å²) in [6.07, 6.45) is 0.862. The fourth-order valence-electron chi connectivity index (χ4n) is 1.98. The minimum Gasteiger partial charge on any atom is -0.478 e. The van der Waals surface area contributed by atoms with E-state index in [0.29, 0.717) is 12.4 Å². The highest BCUT2D eigenvalue weighted by molar-refractivity contribution is 5.87. The quantitative estimate of drug-likeness (QED) is 0.799. The van der Waals surface area contributed by atoms with Crippen molar-refractivity contribution in [1.82, 2.24) is 9.78 Å². The van der Waals surface area contributed by atoms with E-state index in [0.717, 1.165) is 11.3 Å². The van der Waals surface area contributed by atoms with Gasteiger partial charge in [0.1, 0.15) is 6.61 Å². The third-order valence-electron chi connectivity index (χ3n) is 3.05. The number of carboxylic acids is 1. The molecule has 1 amide bonds. The van der Waals surface area contributed by atoms with Crippen LogP contribution in [0.15, 0.2) is 43.0 Å². The molecule has 2 rings (SSSR count). The fourth-order valence-corrected chi connectivity index (χ4v) is 1.98. The zero-order valence-corrected chi connectivity index (χ0v) is 12.7. The second-order valence-electron chi connectivity index (χ2n) is 4.85. The van der Waals surface area contributed by atoms with Crippen molar-refractivity contribution in [3.05, 3.63) is 59.8 Å². The standard InChI is InChI=1S/C16H17N3O4/c1-3-7-23-16(22)17-14-8-11(2)19(18-14)10-12-5-4-6-13(9-12)15(20)21/h3-6,8-9H,1,7,10H2,2H3,(H,20,21)(H,17,18,22). The number of aryl methyl sites for hydroxylation is 1. The summed E-state index contributed by atoms with van der Waals surface area (Å²) < 4.78 is 6.49. The predicted octanol–water partition coefficient (Wildman–Crippen LogP) is 2.67. The molecule has 1 aromatic carbocycles. The van der Waals surface area contributed by atoms with Crippen LogP contribution in [-0.4, -0.2) is 33.6 Å². The number of nitrogens with one attached hydrogen (secondary N) is 1. The van der Waals surface area contributed by atoms with Crippen LogP contribution in [-0.2, 0) is 11.3 Å². The number of benzene rings is 1. The third-order valence-corrected chi connectivity index (χ3v) is 3.05. The van der Waals surface area contributed by atoms with Crippen LogP contribution in [0.5, 0.6) is 0 Å². The molecule has 0 saturated carbocycles. The molecule has 0 aliphatic rings. The number of carboxylic acid groups (broad SMARTS) is 1. The number of hydrogen-bond donors (Lipinski definition) is 2. The summed E-state index contributed by atoms with van der Waals surface area (Å²) in [6, 6.07) is 8.33. The van der Waals surface area contributed by atoms with Crippen molar-refractivity contribution < 1.29 is 19.4 Å². The van der Waals surface area contributed by atoms with Gasteiger partial charge in [-0.1, -0.05) is 24.8 Å². The molecule has 0 radical (unpaired) electrons. The van der Waals surface area contributed by atoms with Crippen molar-refractivity contribution in [2.75, 3.05) is 11.9 Å². The van der Waals surface area contributed by atoms with Crippen LogP contribution in [0, 0.1) is 6.92 Å². The molecular formula is C16H17N3O4. The molecule has 2 aromatic rings. The van der Waals surface area contributed by atoms with Crippen LogP contribution in [0.4, 0.5) is 10.6 Å². The van der Waals surface area contributed by atoms with E-state index in [-0.39, 0.29) is 12.2 Å². The first-order valence-electron chi connectivity index (χ1n) is 6.91. The summed E-state index contributed by atoms with van der Waals surface area (Å²) in [7, 11) is 0. The maximum Gasteiger partial charge on any atom is 0.413 e. The first-order chi connectivity index (χ1) is 11.0. The lowest BCUT2D eigenvalue weighted by molar-refractivity contribution is 0.0696. The summed E-state index contributed by atoms with van der Waals surface area (Å²) in [6.45, 7) is 5.82. The van der Waals surface area contributed by atoms with E-state index in [4.69, 9.17) is 9.84 Å². The van der Waals surface area contributed by atoms with Gasteiger partial charge in [0.2, 0.25) is 0 Å². The lowest BCUT2D eigenvalue weighted by Gasteiger charge is -2.05. The highest BCUT2D eigenvalue weighted by Crippen LogP contribution is 2.13. The molecule has 0 aliphatic heterocycles. The minimum atomic E-state index is -0.976. The van der Waals surface area contributed by atoms with E-state index in [1.807, 2.05) is 13.0 Å². The Morgan fingerprint density at radius 3 is 2.91 bits per heavy atom. The van der Waals surface area contributed by atoms with Gasteiger partial charge in [0.25, 0.3) is 0 Å². The first kappa shape index (κ1) is 16.3. The second kappa shape index (κ2) is 7.26. The number of rotatable bonds is 6. The van der Waals surface area contributed by atoms with Gasteiger partial charge in [0, 0.05) is 11.8 Å². The van der Waals surface area contributed by atoms with Crippen molar-refractivity contribution in [3.63, 3.8) is 0 Å². The van der Waals surface area contributed by atoms with Crippen LogP contribution >= 0.6 is 0 Å². The highest BCUT2D eigenvalue weighted by atomic mass is 16.5. The summed E-state index contributed by atoms with van der Waals surface area (Å²) in [5, 5.41) is 15.8. The van der Waals surface area contributed by atoms with Gasteiger partial charge < -0.3 is 9.84 Å². The average molecular weight is 315 g/mol. The fraction of sp³-hybridized carbons (Fsp3) is 0.188. The Hall–Kier alpha value is -3.09. The Balaban J connectivity index is 2.09. The van der Waals surface area contributed by atoms with E-state index in [1.165, 1.54) is 12.1 Å². The number of aromatic nitrogens is 2. The molecular weight excluding hydrogens is 298 g/mol. The molecule has 0 atom stereocenters. The SMILES string of the molecule is C=CCOC(=O)Nc1cc(C)n(Cc2cccc(C(=O)O)c2)n1. The number of amides is 1. The molecule has 7 nitrogen and oxygen atoms in total. The van der Waals surface area contributed by atoms with E-state index in [1.54, 1.807) is 22.9 Å². The van der Waals surface area contributed by atoms with E-state index < -0.39 is 12.1 Å². The lowest BCUT2D eigenvalue weighted by atomic mass is 10.1. The van der Waals surface area contributed by atoms with Crippen LogP contribution in [0.25, 0.3) is 0 Å². The monoisotopic (exact) mass is 315 g/mol. The van der Waals surface area contributed by atoms with E-state index in [2.05, 4.69) is 17.0 Å². The van der Waals surface area contributed by atoms with Gasteiger partial charge in [-0.2, -0.15) is 5.10 Å². The Labute approximate surface area is 133 Å². The molecule has 1 aromatic heterocycles. The van der Waals surface area contributed by atoms with Crippen molar-refractivity contribution in [1.29, 1.82) is 0 Å². The zero-order chi connectivity index (χ0) is 16.8. The highest BCUT2D eigenvalue weighted by Gasteiger charge is 2.10. The second-order valence-corrected chi connectivity index (χ2v) is 4.85. The molecule has 7 heteroatoms. The topological polar surface area (TPSA) is 93.5 Å². The Bertz CT molecular complexity index is 737. The number of nitrogens with zero attached hydrogens (tertiary/aromatic N) is 2.